The van der Waals surface area contributed by atoms with E-state index in [1.807, 2.05) is 0 Å². The van der Waals surface area contributed by atoms with E-state index in [1.54, 1.807) is 13.8 Å². The Morgan fingerprint density at radius 2 is 1.48 bits per heavy atom. The highest BCUT2D eigenvalue weighted by Gasteiger charge is 2.21. The minimum absolute atomic E-state index is 0.0714. The van der Waals surface area contributed by atoms with Gasteiger partial charge in [0.15, 0.2) is 0 Å². The summed E-state index contributed by atoms with van der Waals surface area (Å²) in [6, 6.07) is 9.92. The van der Waals surface area contributed by atoms with E-state index >= 15 is 0 Å². The van der Waals surface area contributed by atoms with Gasteiger partial charge in [-0.05, 0) is 56.3 Å². The molecule has 0 spiro atoms. The van der Waals surface area contributed by atoms with Crippen LogP contribution in [-0.2, 0) is 19.6 Å². The average molecular weight is 446 g/mol. The summed E-state index contributed by atoms with van der Waals surface area (Å²) in [5.41, 5.74) is -0.502. The lowest BCUT2D eigenvalue weighted by Gasteiger charge is -2.11. The average Bonchev–Trinajstić information content (AvgIpc) is 2.73. The van der Waals surface area contributed by atoms with Crippen LogP contribution >= 0.6 is 0 Å². The van der Waals surface area contributed by atoms with Crippen molar-refractivity contribution < 1.29 is 36.1 Å². The molecule has 0 saturated heterocycles. The van der Waals surface area contributed by atoms with Gasteiger partial charge in [-0.15, -0.1) is 0 Å². The summed E-state index contributed by atoms with van der Waals surface area (Å²) in [6.45, 7) is 3.39. The van der Waals surface area contributed by atoms with Crippen LogP contribution in [0.4, 0.5) is 0 Å². The number of fused-ring (bicyclic) bond motifs is 1. The largest absolute Gasteiger partial charge is 0.462 e. The van der Waals surface area contributed by atoms with Gasteiger partial charge in [0.25, 0.3) is 0 Å². The van der Waals surface area contributed by atoms with E-state index in [1.165, 1.54) is 30.3 Å². The second-order valence-corrected chi connectivity index (χ2v) is 7.72. The topological polar surface area (TPSA) is 126 Å². The van der Waals surface area contributed by atoms with Crippen molar-refractivity contribution in [2.24, 2.45) is 0 Å². The van der Waals surface area contributed by atoms with Crippen LogP contribution in [0.25, 0.3) is 11.0 Å². The molecular weight excluding hydrogens is 428 g/mol. The summed E-state index contributed by atoms with van der Waals surface area (Å²) in [5, 5.41) is 0.372. The molecule has 0 aliphatic heterocycles. The van der Waals surface area contributed by atoms with E-state index in [0.717, 1.165) is 18.2 Å². The van der Waals surface area contributed by atoms with Crippen LogP contribution in [0.15, 0.2) is 62.6 Å². The standard InChI is InChI=1S/C21H18O9S/c1-3-27-20(23)14-9-15(21(24)28-4-2)11-16(10-14)30-31(25,26)17-6-7-18-13(12-17)5-8-19(22)29-18/h5-12H,3-4H2,1-2H3. The van der Waals surface area contributed by atoms with Crippen molar-refractivity contribution in [2.45, 2.75) is 18.7 Å². The fourth-order valence-corrected chi connectivity index (χ4v) is 3.64. The van der Waals surface area contributed by atoms with Crippen LogP contribution in [0.2, 0.25) is 0 Å². The van der Waals surface area contributed by atoms with Crippen molar-refractivity contribution in [1.29, 1.82) is 0 Å². The van der Waals surface area contributed by atoms with Crippen molar-refractivity contribution >= 4 is 33.0 Å². The van der Waals surface area contributed by atoms with Crippen LogP contribution in [0.1, 0.15) is 34.6 Å². The Balaban J connectivity index is 2.01. The number of ether oxygens (including phenoxy) is 2. The Morgan fingerprint density at radius 3 is 2.06 bits per heavy atom. The molecule has 31 heavy (non-hydrogen) atoms. The van der Waals surface area contributed by atoms with Gasteiger partial charge in [0.1, 0.15) is 16.2 Å². The third-order valence-corrected chi connectivity index (χ3v) is 5.26. The quantitative estimate of drug-likeness (QED) is 0.306. The highest BCUT2D eigenvalue weighted by Crippen LogP contribution is 2.25. The predicted octanol–water partition coefficient (Wildman–Crippen LogP) is 2.91. The molecule has 3 rings (SSSR count). The maximum atomic E-state index is 12.8. The van der Waals surface area contributed by atoms with Crippen molar-refractivity contribution in [3.63, 3.8) is 0 Å². The molecule has 9 nitrogen and oxygen atoms in total. The van der Waals surface area contributed by atoms with Gasteiger partial charge in [0.05, 0.1) is 24.3 Å². The lowest BCUT2D eigenvalue weighted by molar-refractivity contribution is 0.0524. The number of carbonyl (C=O) groups excluding carboxylic acids is 2. The molecule has 1 heterocycles. The monoisotopic (exact) mass is 446 g/mol. The first-order chi connectivity index (χ1) is 14.7. The molecule has 162 valence electrons. The van der Waals surface area contributed by atoms with Gasteiger partial charge in [-0.1, -0.05) is 0 Å². The van der Waals surface area contributed by atoms with Gasteiger partial charge in [-0.3, -0.25) is 0 Å². The minimum Gasteiger partial charge on any atom is -0.462 e. The number of esters is 2. The van der Waals surface area contributed by atoms with E-state index in [4.69, 9.17) is 18.1 Å². The zero-order chi connectivity index (χ0) is 22.6. The van der Waals surface area contributed by atoms with Crippen LogP contribution in [-0.4, -0.2) is 33.6 Å². The summed E-state index contributed by atoms with van der Waals surface area (Å²) in [4.78, 5) is 35.3. The van der Waals surface area contributed by atoms with Gasteiger partial charge >= 0.3 is 27.7 Å². The lowest BCUT2D eigenvalue weighted by Crippen LogP contribution is -2.13. The molecule has 0 fully saturated rings. The van der Waals surface area contributed by atoms with E-state index in [2.05, 4.69) is 0 Å². The Labute approximate surface area is 177 Å². The zero-order valence-electron chi connectivity index (χ0n) is 16.6. The number of benzene rings is 2. The fraction of sp³-hybridized carbons (Fsp3) is 0.190. The van der Waals surface area contributed by atoms with Gasteiger partial charge in [0, 0.05) is 11.5 Å². The first kappa shape index (κ1) is 22.0. The molecule has 0 bridgehead atoms. The first-order valence-corrected chi connectivity index (χ1v) is 10.6. The third kappa shape index (κ3) is 5.10. The van der Waals surface area contributed by atoms with Crippen LogP contribution in [0, 0.1) is 0 Å². The molecule has 0 aliphatic carbocycles. The van der Waals surface area contributed by atoms with Gasteiger partial charge in [0.2, 0.25) is 0 Å². The van der Waals surface area contributed by atoms with Gasteiger partial charge in [-0.25, -0.2) is 14.4 Å². The third-order valence-electron chi connectivity index (χ3n) is 4.01. The second kappa shape index (κ2) is 9.00. The molecule has 3 aromatic rings. The smallest absolute Gasteiger partial charge is 0.339 e. The van der Waals surface area contributed by atoms with Crippen molar-refractivity contribution in [3.8, 4) is 5.75 Å². The Morgan fingerprint density at radius 1 is 0.871 bits per heavy atom. The molecule has 10 heteroatoms. The van der Waals surface area contributed by atoms with Crippen molar-refractivity contribution in [3.05, 3.63) is 70.1 Å². The molecule has 0 atom stereocenters. The number of hydrogen-bond donors (Lipinski definition) is 0. The van der Waals surface area contributed by atoms with E-state index in [-0.39, 0.29) is 40.6 Å². The summed E-state index contributed by atoms with van der Waals surface area (Å²) in [6.07, 6.45) is 0. The number of carbonyl (C=O) groups is 2. The van der Waals surface area contributed by atoms with E-state index in [0.29, 0.717) is 5.39 Å². The SMILES string of the molecule is CCOC(=O)c1cc(OS(=O)(=O)c2ccc3oc(=O)ccc3c2)cc(C(=O)OCC)c1. The van der Waals surface area contributed by atoms with Crippen LogP contribution in [0.5, 0.6) is 5.75 Å². The summed E-state index contributed by atoms with van der Waals surface area (Å²) in [5.74, 6) is -1.78. The molecule has 0 saturated carbocycles. The Hall–Kier alpha value is -3.66. The van der Waals surface area contributed by atoms with E-state index < -0.39 is 27.7 Å². The first-order valence-electron chi connectivity index (χ1n) is 9.21. The van der Waals surface area contributed by atoms with Gasteiger partial charge < -0.3 is 18.1 Å². The molecule has 0 amide bonds. The zero-order valence-corrected chi connectivity index (χ0v) is 17.4. The fourth-order valence-electron chi connectivity index (χ4n) is 2.69. The minimum atomic E-state index is -4.35. The molecule has 0 unspecified atom stereocenters. The summed E-state index contributed by atoms with van der Waals surface area (Å²) < 4.78 is 45.5. The molecule has 0 N–H and O–H groups in total. The molecule has 0 radical (unpaired) electrons. The lowest BCUT2D eigenvalue weighted by atomic mass is 10.1. The molecule has 2 aromatic carbocycles. The van der Waals surface area contributed by atoms with Crippen molar-refractivity contribution in [1.82, 2.24) is 0 Å². The van der Waals surface area contributed by atoms with Crippen LogP contribution < -0.4 is 9.81 Å². The van der Waals surface area contributed by atoms with Gasteiger partial charge in [-0.2, -0.15) is 8.42 Å². The molecule has 0 aliphatic rings. The molecule has 1 aromatic heterocycles. The van der Waals surface area contributed by atoms with Crippen LogP contribution in [0.3, 0.4) is 0 Å². The Kier molecular flexibility index (Phi) is 6.40. The number of rotatable bonds is 7. The number of hydrogen-bond acceptors (Lipinski definition) is 9. The normalized spacial score (nSPS) is 11.2. The summed E-state index contributed by atoms with van der Waals surface area (Å²) >= 11 is 0. The summed E-state index contributed by atoms with van der Waals surface area (Å²) in [7, 11) is -4.35. The predicted molar refractivity (Wildman–Crippen MR) is 109 cm³/mol. The highest BCUT2D eigenvalue weighted by atomic mass is 32.2. The highest BCUT2D eigenvalue weighted by molar-refractivity contribution is 7.87. The maximum Gasteiger partial charge on any atom is 0.339 e. The Bertz CT molecular complexity index is 1270. The maximum absolute atomic E-state index is 12.8. The van der Waals surface area contributed by atoms with E-state index in [9.17, 15) is 22.8 Å². The second-order valence-electron chi connectivity index (χ2n) is 6.18. The van der Waals surface area contributed by atoms with Crippen molar-refractivity contribution in [2.75, 3.05) is 13.2 Å². The molecular formula is C21H18O9S.